The van der Waals surface area contributed by atoms with Crippen molar-refractivity contribution < 1.29 is 31.9 Å². The number of likely N-dealkylation sites (tertiary alicyclic amines) is 2. The fourth-order valence-electron chi connectivity index (χ4n) is 6.17. The van der Waals surface area contributed by atoms with Gasteiger partial charge in [-0.25, -0.2) is 4.39 Å². The van der Waals surface area contributed by atoms with Gasteiger partial charge in [0, 0.05) is 24.2 Å². The number of piperidine rings is 1. The number of amides is 2. The number of carbonyl (C=O) groups excluding carboxylic acids is 2. The molecule has 2 N–H and O–H groups in total. The molecule has 0 aromatic heterocycles. The van der Waals surface area contributed by atoms with Crippen LogP contribution in [-0.2, 0) is 4.79 Å². The lowest BCUT2D eigenvalue weighted by atomic mass is 9.67. The Hall–Kier alpha value is -3.14. The number of nitrogens with zero attached hydrogens (tertiary/aromatic N) is 2. The van der Waals surface area contributed by atoms with Crippen LogP contribution in [0.4, 0.5) is 17.6 Å². The summed E-state index contributed by atoms with van der Waals surface area (Å²) in [6, 6.07) is 10.6. The Kier molecular flexibility index (Phi) is 8.08. The van der Waals surface area contributed by atoms with Crippen molar-refractivity contribution >= 4 is 11.8 Å². The van der Waals surface area contributed by atoms with Gasteiger partial charge in [0.1, 0.15) is 17.6 Å². The molecule has 216 valence electrons. The lowest BCUT2D eigenvalue weighted by molar-refractivity contribution is -0.256. The predicted molar refractivity (Wildman–Crippen MR) is 142 cm³/mol. The highest BCUT2D eigenvalue weighted by Gasteiger charge is 2.58. The van der Waals surface area contributed by atoms with Crippen LogP contribution in [0, 0.1) is 17.2 Å². The van der Waals surface area contributed by atoms with Gasteiger partial charge < -0.3 is 20.3 Å². The molecule has 3 aliphatic rings. The van der Waals surface area contributed by atoms with Crippen molar-refractivity contribution in [2.45, 2.75) is 57.2 Å². The molecular formula is C30H35F4N3O3. The van der Waals surface area contributed by atoms with Crippen molar-refractivity contribution in [3.8, 4) is 16.9 Å². The first-order valence-electron chi connectivity index (χ1n) is 14.0. The van der Waals surface area contributed by atoms with Crippen LogP contribution in [0.1, 0.15) is 55.3 Å². The summed E-state index contributed by atoms with van der Waals surface area (Å²) in [6.07, 6.45) is -0.246. The highest BCUT2D eigenvalue weighted by molar-refractivity contribution is 5.98. The Morgan fingerprint density at radius 1 is 0.975 bits per heavy atom. The second-order valence-electron chi connectivity index (χ2n) is 11.4. The zero-order chi connectivity index (χ0) is 28.5. The summed E-state index contributed by atoms with van der Waals surface area (Å²) in [6.45, 7) is 2.27. The average molecular weight is 562 g/mol. The van der Waals surface area contributed by atoms with Crippen molar-refractivity contribution in [1.82, 2.24) is 9.80 Å². The summed E-state index contributed by atoms with van der Waals surface area (Å²) in [5, 5.41) is 0. The summed E-state index contributed by atoms with van der Waals surface area (Å²) in [7, 11) is 0. The summed E-state index contributed by atoms with van der Waals surface area (Å²) < 4.78 is 61.5. The van der Waals surface area contributed by atoms with Crippen LogP contribution < -0.4 is 10.5 Å². The number of ether oxygens (including phenoxy) is 1. The molecule has 2 aliphatic heterocycles. The molecule has 0 bridgehead atoms. The van der Waals surface area contributed by atoms with Gasteiger partial charge in [-0.3, -0.25) is 9.59 Å². The summed E-state index contributed by atoms with van der Waals surface area (Å²) in [5.41, 5.74) is 5.02. The molecule has 1 aliphatic carbocycles. The highest BCUT2D eigenvalue weighted by atomic mass is 19.4. The third-order valence-electron chi connectivity index (χ3n) is 8.85. The van der Waals surface area contributed by atoms with Crippen molar-refractivity contribution in [1.29, 1.82) is 0 Å². The minimum absolute atomic E-state index is 0.101. The molecule has 0 unspecified atom stereocenters. The molecule has 10 heteroatoms. The van der Waals surface area contributed by atoms with E-state index >= 15 is 0 Å². The summed E-state index contributed by atoms with van der Waals surface area (Å²) in [4.78, 5) is 27.8. The number of nitrogens with two attached hydrogens (primary N) is 1. The molecule has 0 radical (unpaired) electrons. The second kappa shape index (κ2) is 11.4. The summed E-state index contributed by atoms with van der Waals surface area (Å²) in [5.74, 6) is -0.611. The number of hydrogen-bond acceptors (Lipinski definition) is 4. The maximum Gasteiger partial charge on any atom is 0.395 e. The molecule has 2 saturated heterocycles. The van der Waals surface area contributed by atoms with Crippen molar-refractivity contribution in [2.24, 2.45) is 17.1 Å². The quantitative estimate of drug-likeness (QED) is 0.438. The predicted octanol–water partition coefficient (Wildman–Crippen LogP) is 5.41. The van der Waals surface area contributed by atoms with Crippen LogP contribution in [0.5, 0.6) is 5.75 Å². The number of primary amides is 1. The second-order valence-corrected chi connectivity index (χ2v) is 11.4. The van der Waals surface area contributed by atoms with Crippen LogP contribution in [0.3, 0.4) is 0 Å². The van der Waals surface area contributed by atoms with E-state index in [1.54, 1.807) is 36.4 Å². The maximum absolute atomic E-state index is 15.0. The molecule has 2 aromatic rings. The largest absolute Gasteiger partial charge is 0.493 e. The van der Waals surface area contributed by atoms with E-state index in [0.29, 0.717) is 62.4 Å². The van der Waals surface area contributed by atoms with Gasteiger partial charge in [0.15, 0.2) is 0 Å². The number of halogens is 4. The third kappa shape index (κ3) is 5.82. The van der Waals surface area contributed by atoms with E-state index in [4.69, 9.17) is 10.5 Å². The molecule has 2 aromatic carbocycles. The van der Waals surface area contributed by atoms with E-state index in [1.165, 1.54) is 11.0 Å². The Bertz CT molecular complexity index is 1220. The van der Waals surface area contributed by atoms with E-state index in [9.17, 15) is 27.2 Å². The van der Waals surface area contributed by atoms with Crippen molar-refractivity contribution in [3.63, 3.8) is 0 Å². The maximum atomic E-state index is 15.0. The van der Waals surface area contributed by atoms with Gasteiger partial charge in [0.05, 0.1) is 12.0 Å². The molecule has 2 amide bonds. The van der Waals surface area contributed by atoms with E-state index < -0.39 is 35.3 Å². The molecule has 1 saturated carbocycles. The van der Waals surface area contributed by atoms with Gasteiger partial charge in [0.2, 0.25) is 5.91 Å². The molecule has 2 heterocycles. The molecule has 40 heavy (non-hydrogen) atoms. The average Bonchev–Trinajstić information content (AvgIpc) is 3.40. The van der Waals surface area contributed by atoms with Crippen LogP contribution in [0.2, 0.25) is 0 Å². The Morgan fingerprint density at radius 3 is 2.25 bits per heavy atom. The van der Waals surface area contributed by atoms with Crippen LogP contribution in [-0.4, -0.2) is 66.6 Å². The monoisotopic (exact) mass is 561 g/mol. The van der Waals surface area contributed by atoms with Gasteiger partial charge in [-0.1, -0.05) is 24.6 Å². The van der Waals surface area contributed by atoms with Crippen LogP contribution in [0.25, 0.3) is 11.1 Å². The minimum Gasteiger partial charge on any atom is -0.493 e. The zero-order valence-electron chi connectivity index (χ0n) is 22.4. The third-order valence-corrected chi connectivity index (χ3v) is 8.85. The van der Waals surface area contributed by atoms with Gasteiger partial charge in [-0.15, -0.1) is 0 Å². The van der Waals surface area contributed by atoms with Gasteiger partial charge in [-0.2, -0.15) is 13.2 Å². The molecular weight excluding hydrogens is 526 g/mol. The standard InChI is InChI=1S/C30H35F4N3O3/c31-25-17-22(28(39)37-14-1-3-26(37)27(35)38)6-9-24(25)21-4-7-23(8-5-21)40-18-20-10-15-36(16-11-20)19-29(12-2-13-29)30(32,33)34/h4-9,17,20,26H,1-3,10-16,18-19H2,(H2,35,38)/t26-/m0/s1. The molecule has 5 rings (SSSR count). The number of hydrogen-bond donors (Lipinski definition) is 1. The van der Waals surface area contributed by atoms with E-state index in [0.717, 1.165) is 12.8 Å². The SMILES string of the molecule is NC(=O)[C@@H]1CCCN1C(=O)c1ccc(-c2ccc(OCC3CCN(CC4(C(F)(F)F)CCC4)CC3)cc2)c(F)c1. The van der Waals surface area contributed by atoms with Crippen LogP contribution in [0.15, 0.2) is 42.5 Å². The zero-order valence-corrected chi connectivity index (χ0v) is 22.4. The first kappa shape index (κ1) is 28.4. The first-order chi connectivity index (χ1) is 19.1. The Balaban J connectivity index is 1.12. The Morgan fingerprint density at radius 2 is 1.68 bits per heavy atom. The lowest BCUT2D eigenvalue weighted by Crippen LogP contribution is -2.53. The highest BCUT2D eigenvalue weighted by Crippen LogP contribution is 2.53. The van der Waals surface area contributed by atoms with Crippen LogP contribution >= 0.6 is 0 Å². The van der Waals surface area contributed by atoms with E-state index in [-0.39, 0.29) is 30.9 Å². The fraction of sp³-hybridized carbons (Fsp3) is 0.533. The number of alkyl halides is 3. The van der Waals surface area contributed by atoms with E-state index in [2.05, 4.69) is 0 Å². The van der Waals surface area contributed by atoms with Crippen molar-refractivity contribution in [3.05, 3.63) is 53.8 Å². The lowest BCUT2D eigenvalue weighted by Gasteiger charge is -2.47. The van der Waals surface area contributed by atoms with Gasteiger partial charge in [-0.05, 0) is 87.4 Å². The Labute approximate surface area is 231 Å². The number of benzene rings is 2. The minimum atomic E-state index is -4.14. The topological polar surface area (TPSA) is 75.9 Å². The summed E-state index contributed by atoms with van der Waals surface area (Å²) >= 11 is 0. The molecule has 0 spiro atoms. The van der Waals surface area contributed by atoms with Gasteiger partial charge >= 0.3 is 6.18 Å². The van der Waals surface area contributed by atoms with E-state index in [1.807, 2.05) is 4.90 Å². The number of rotatable bonds is 8. The smallest absolute Gasteiger partial charge is 0.395 e. The first-order valence-corrected chi connectivity index (χ1v) is 14.0. The fourth-order valence-corrected chi connectivity index (χ4v) is 6.17. The normalized spacial score (nSPS) is 21.7. The van der Waals surface area contributed by atoms with Crippen molar-refractivity contribution in [2.75, 3.05) is 32.8 Å². The molecule has 6 nitrogen and oxygen atoms in total. The molecule has 3 fully saturated rings. The van der Waals surface area contributed by atoms with Gasteiger partial charge in [0.25, 0.3) is 5.91 Å². The number of carbonyl (C=O) groups is 2. The molecule has 1 atom stereocenters.